The number of halogens is 3. The average molecular weight is 605 g/mol. The van der Waals surface area contributed by atoms with Gasteiger partial charge in [0.15, 0.2) is 0 Å². The predicted molar refractivity (Wildman–Crippen MR) is 166 cm³/mol. The minimum Gasteiger partial charge on any atom is -0.351 e. The van der Waals surface area contributed by atoms with Gasteiger partial charge in [0.1, 0.15) is 17.7 Å². The van der Waals surface area contributed by atoms with Gasteiger partial charge in [0.05, 0.1) is 0 Å². The first-order chi connectivity index (χ1) is 21.2. The van der Waals surface area contributed by atoms with Crippen LogP contribution in [0.25, 0.3) is 17.2 Å². The van der Waals surface area contributed by atoms with Crippen molar-refractivity contribution in [3.63, 3.8) is 0 Å². The normalized spacial score (nSPS) is 14.6. The van der Waals surface area contributed by atoms with Crippen LogP contribution in [-0.2, 0) is 16.6 Å². The third-order valence-corrected chi connectivity index (χ3v) is 8.65. The fraction of sp³-hybridized carbons (Fsp3) is 0.400. The summed E-state index contributed by atoms with van der Waals surface area (Å²) < 4.78 is 39.4. The number of hydrogen-bond donors (Lipinski definition) is 2. The van der Waals surface area contributed by atoms with E-state index in [0.29, 0.717) is 25.1 Å². The third-order valence-electron chi connectivity index (χ3n) is 8.65. The molecule has 0 saturated carbocycles. The van der Waals surface area contributed by atoms with Crippen molar-refractivity contribution in [2.75, 3.05) is 32.7 Å². The highest BCUT2D eigenvalue weighted by Crippen LogP contribution is 2.51. The number of aromatic nitrogens is 1. The molecule has 0 bridgehead atoms. The molecule has 0 saturated heterocycles. The highest BCUT2D eigenvalue weighted by atomic mass is 19.4. The van der Waals surface area contributed by atoms with Crippen LogP contribution in [0.3, 0.4) is 0 Å². The summed E-state index contributed by atoms with van der Waals surface area (Å²) in [5, 5.41) is 5.18. The highest BCUT2D eigenvalue weighted by Gasteiger charge is 2.49. The van der Waals surface area contributed by atoms with E-state index in [0.717, 1.165) is 78.8 Å². The maximum Gasteiger partial charge on any atom is 0.405 e. The van der Waals surface area contributed by atoms with Crippen LogP contribution >= 0.6 is 0 Å². The predicted octanol–water partition coefficient (Wildman–Crippen LogP) is 6.30. The van der Waals surface area contributed by atoms with E-state index in [-0.39, 0.29) is 5.91 Å². The minimum atomic E-state index is -4.50. The van der Waals surface area contributed by atoms with Gasteiger partial charge in [-0.1, -0.05) is 80.1 Å². The Kier molecular flexibility index (Phi) is 9.84. The molecule has 2 aliphatic rings. The zero-order valence-corrected chi connectivity index (χ0v) is 25.1. The molecule has 2 N–H and O–H groups in total. The number of aryl methyl sites for hydroxylation is 1. The zero-order valence-electron chi connectivity index (χ0n) is 25.1. The number of benzene rings is 2. The van der Waals surface area contributed by atoms with E-state index >= 15 is 0 Å². The summed E-state index contributed by atoms with van der Waals surface area (Å²) in [5.41, 5.74) is 4.59. The van der Waals surface area contributed by atoms with E-state index in [9.17, 15) is 22.8 Å². The molecule has 6 nitrogen and oxygen atoms in total. The standard InChI is InChI=1S/C35H39F3N4O2/c1-2-42(23-11-21-39-32(43)31-19-18-25-12-3-8-17-30(25)41-31)22-10-9-20-34(33(44)40-24-35(36,37)38)28-15-6-4-13-26(28)27-14-5-7-16-29(27)34/h3-7,12-16,18-19H,2,8-11,17,20-24H2,1H3,(H,39,43)(H,40,44). The quantitative estimate of drug-likeness (QED) is 0.225. The lowest BCUT2D eigenvalue weighted by Crippen LogP contribution is -2.47. The number of rotatable bonds is 13. The number of alkyl halides is 3. The third kappa shape index (κ3) is 6.88. The number of carbonyl (C=O) groups is 2. The molecular formula is C35H39F3N4O2. The van der Waals surface area contributed by atoms with Gasteiger partial charge >= 0.3 is 6.18 Å². The zero-order chi connectivity index (χ0) is 31.2. The molecule has 0 radical (unpaired) electrons. The van der Waals surface area contributed by atoms with E-state index in [2.05, 4.69) is 33.5 Å². The van der Waals surface area contributed by atoms with Gasteiger partial charge < -0.3 is 15.5 Å². The molecule has 2 amide bonds. The Hall–Kier alpha value is -3.98. The van der Waals surface area contributed by atoms with Crippen molar-refractivity contribution in [2.24, 2.45) is 0 Å². The van der Waals surface area contributed by atoms with Crippen LogP contribution in [0.15, 0.2) is 66.7 Å². The number of amides is 2. The molecule has 0 atom stereocenters. The summed E-state index contributed by atoms with van der Waals surface area (Å²) in [5.74, 6) is -0.781. The molecule has 0 spiro atoms. The smallest absolute Gasteiger partial charge is 0.351 e. The molecule has 0 fully saturated rings. The van der Waals surface area contributed by atoms with Crippen molar-refractivity contribution >= 4 is 17.9 Å². The number of pyridine rings is 1. The van der Waals surface area contributed by atoms with E-state index < -0.39 is 24.0 Å². The highest BCUT2D eigenvalue weighted by molar-refractivity contribution is 6.00. The Bertz CT molecular complexity index is 1470. The first-order valence-electron chi connectivity index (χ1n) is 15.4. The van der Waals surface area contributed by atoms with E-state index in [1.165, 1.54) is 0 Å². The topological polar surface area (TPSA) is 74.3 Å². The first-order valence-corrected chi connectivity index (χ1v) is 15.4. The molecule has 5 rings (SSSR count). The largest absolute Gasteiger partial charge is 0.405 e. The maximum atomic E-state index is 13.7. The molecular weight excluding hydrogens is 565 g/mol. The molecule has 2 aromatic carbocycles. The molecule has 2 aliphatic carbocycles. The Labute approximate surface area is 256 Å². The van der Waals surface area contributed by atoms with Crippen LogP contribution in [0.4, 0.5) is 13.2 Å². The molecule has 9 heteroatoms. The van der Waals surface area contributed by atoms with Crippen LogP contribution in [0, 0.1) is 0 Å². The molecule has 1 aromatic heterocycles. The average Bonchev–Trinajstić information content (AvgIpc) is 3.32. The number of fused-ring (bicyclic) bond motifs is 4. The van der Waals surface area contributed by atoms with Gasteiger partial charge in [-0.2, -0.15) is 13.2 Å². The van der Waals surface area contributed by atoms with Crippen molar-refractivity contribution in [3.8, 4) is 11.1 Å². The van der Waals surface area contributed by atoms with Crippen LogP contribution in [0.5, 0.6) is 0 Å². The molecule has 0 aliphatic heterocycles. The summed E-state index contributed by atoms with van der Waals surface area (Å²) in [6.45, 7) is 3.66. The fourth-order valence-electron chi connectivity index (χ4n) is 6.45. The molecule has 0 unspecified atom stereocenters. The Morgan fingerprint density at radius 3 is 2.27 bits per heavy atom. The summed E-state index contributed by atoms with van der Waals surface area (Å²) in [4.78, 5) is 33.1. The number of carbonyl (C=O) groups excluding carboxylic acids is 2. The second-order valence-corrected chi connectivity index (χ2v) is 11.5. The van der Waals surface area contributed by atoms with Crippen LogP contribution in [0.2, 0.25) is 0 Å². The lowest BCUT2D eigenvalue weighted by atomic mass is 9.73. The Morgan fingerprint density at radius 1 is 0.909 bits per heavy atom. The van der Waals surface area contributed by atoms with Crippen molar-refractivity contribution < 1.29 is 22.8 Å². The number of allylic oxidation sites excluding steroid dienone is 1. The minimum absolute atomic E-state index is 0.170. The van der Waals surface area contributed by atoms with Gasteiger partial charge in [0, 0.05) is 12.2 Å². The monoisotopic (exact) mass is 604 g/mol. The van der Waals surface area contributed by atoms with E-state index in [4.69, 9.17) is 0 Å². The van der Waals surface area contributed by atoms with Crippen molar-refractivity contribution in [1.29, 1.82) is 0 Å². The number of hydrogen-bond acceptors (Lipinski definition) is 4. The number of nitrogens with one attached hydrogen (secondary N) is 2. The SMILES string of the molecule is CCN(CCCCC1(C(=O)NCC(F)(F)F)c2ccccc2-c2ccccc21)CCCNC(=O)c1ccc2c(n1)CCC=C2. The Balaban J connectivity index is 1.16. The molecule has 232 valence electrons. The molecule has 3 aromatic rings. The van der Waals surface area contributed by atoms with Gasteiger partial charge in [0.2, 0.25) is 5.91 Å². The second kappa shape index (κ2) is 13.8. The van der Waals surface area contributed by atoms with Gasteiger partial charge in [-0.25, -0.2) is 4.98 Å². The molecule has 44 heavy (non-hydrogen) atoms. The summed E-state index contributed by atoms with van der Waals surface area (Å²) in [7, 11) is 0. The summed E-state index contributed by atoms with van der Waals surface area (Å²) in [6.07, 6.45) is 4.07. The van der Waals surface area contributed by atoms with E-state index in [1.807, 2.05) is 60.7 Å². The fourth-order valence-corrected chi connectivity index (χ4v) is 6.45. The second-order valence-electron chi connectivity index (χ2n) is 11.5. The van der Waals surface area contributed by atoms with Gasteiger partial charge in [-0.15, -0.1) is 0 Å². The molecule has 1 heterocycles. The van der Waals surface area contributed by atoms with Gasteiger partial charge in [-0.3, -0.25) is 9.59 Å². The van der Waals surface area contributed by atoms with Gasteiger partial charge in [-0.05, 0) is 85.6 Å². The maximum absolute atomic E-state index is 13.7. The van der Waals surface area contributed by atoms with Crippen molar-refractivity contribution in [1.82, 2.24) is 20.5 Å². The lowest BCUT2D eigenvalue weighted by Gasteiger charge is -2.31. The summed E-state index contributed by atoms with van der Waals surface area (Å²) in [6, 6.07) is 18.8. The van der Waals surface area contributed by atoms with E-state index in [1.54, 1.807) is 6.07 Å². The number of unbranched alkanes of at least 4 members (excludes halogenated alkanes) is 1. The van der Waals surface area contributed by atoms with Gasteiger partial charge in [0.25, 0.3) is 5.91 Å². The van der Waals surface area contributed by atoms with Crippen LogP contribution in [-0.4, -0.2) is 60.6 Å². The van der Waals surface area contributed by atoms with Crippen molar-refractivity contribution in [2.45, 2.75) is 57.0 Å². The number of nitrogens with zero attached hydrogens (tertiary/aromatic N) is 2. The lowest BCUT2D eigenvalue weighted by molar-refractivity contribution is -0.141. The summed E-state index contributed by atoms with van der Waals surface area (Å²) >= 11 is 0. The van der Waals surface area contributed by atoms with Crippen LogP contribution in [0.1, 0.15) is 71.9 Å². The Morgan fingerprint density at radius 2 is 1.59 bits per heavy atom. The van der Waals surface area contributed by atoms with Crippen LogP contribution < -0.4 is 10.6 Å². The first kappa shape index (κ1) is 31.4. The van der Waals surface area contributed by atoms with Crippen molar-refractivity contribution in [3.05, 3.63) is 94.8 Å².